The molecule has 0 radical (unpaired) electrons. The second-order valence-corrected chi connectivity index (χ2v) is 9.05. The van der Waals surface area contributed by atoms with E-state index in [-0.39, 0.29) is 18.2 Å². The van der Waals surface area contributed by atoms with E-state index in [9.17, 15) is 9.59 Å². The molecule has 0 aliphatic carbocycles. The van der Waals surface area contributed by atoms with Crippen LogP contribution >= 0.6 is 23.4 Å². The van der Waals surface area contributed by atoms with Crippen LogP contribution in [0.1, 0.15) is 17.5 Å². The van der Waals surface area contributed by atoms with E-state index >= 15 is 0 Å². The lowest BCUT2D eigenvalue weighted by Crippen LogP contribution is -2.40. The number of carbonyl (C=O) groups is 2. The minimum atomic E-state index is -0.492. The largest absolute Gasteiger partial charge is 0.337 e. The van der Waals surface area contributed by atoms with Crippen molar-refractivity contribution in [3.63, 3.8) is 0 Å². The number of hydrogen-bond acceptors (Lipinski definition) is 5. The Morgan fingerprint density at radius 1 is 1.20 bits per heavy atom. The molecule has 2 aromatic carbocycles. The molecule has 2 amide bonds. The highest BCUT2D eigenvalue weighted by Crippen LogP contribution is 2.38. The average molecular weight is 443 g/mol. The molecule has 0 aromatic heterocycles. The van der Waals surface area contributed by atoms with Gasteiger partial charge in [-0.2, -0.15) is 5.26 Å². The number of fused-ring (bicyclic) bond motifs is 1. The monoisotopic (exact) mass is 442 g/mol. The molecule has 1 aliphatic rings. The third kappa shape index (κ3) is 5.76. The molecule has 30 heavy (non-hydrogen) atoms. The number of benzene rings is 2. The zero-order valence-corrected chi connectivity index (χ0v) is 18.5. The van der Waals surface area contributed by atoms with E-state index in [0.717, 1.165) is 10.5 Å². The van der Waals surface area contributed by atoms with Gasteiger partial charge in [0, 0.05) is 36.0 Å². The van der Waals surface area contributed by atoms with Gasteiger partial charge in [0.05, 0.1) is 22.6 Å². The van der Waals surface area contributed by atoms with Crippen molar-refractivity contribution in [2.45, 2.75) is 23.1 Å². The summed E-state index contributed by atoms with van der Waals surface area (Å²) in [4.78, 5) is 30.3. The van der Waals surface area contributed by atoms with E-state index in [1.165, 1.54) is 11.8 Å². The third-order valence-corrected chi connectivity index (χ3v) is 6.26. The molecule has 1 unspecified atom stereocenters. The van der Waals surface area contributed by atoms with Gasteiger partial charge in [0.2, 0.25) is 11.8 Å². The molecule has 0 spiro atoms. The summed E-state index contributed by atoms with van der Waals surface area (Å²) in [5.41, 5.74) is 2.21. The van der Waals surface area contributed by atoms with Crippen molar-refractivity contribution in [3.05, 3.63) is 58.6 Å². The van der Waals surface area contributed by atoms with Crippen molar-refractivity contribution in [1.82, 2.24) is 9.80 Å². The van der Waals surface area contributed by atoms with Crippen molar-refractivity contribution < 1.29 is 9.59 Å². The number of halogens is 1. The van der Waals surface area contributed by atoms with Gasteiger partial charge < -0.3 is 15.1 Å². The molecule has 0 saturated heterocycles. The number of anilines is 1. The molecule has 0 saturated carbocycles. The standard InChI is InChI=1S/C22H23ClN4O2S/c1-26(2)9-10-27(14-16-5-3-15(13-24)4-6-16)21(28)12-20-22(29)25-18-11-17(23)7-8-19(18)30-20/h3-8,11,20H,9-10,12,14H2,1-2H3,(H,25,29). The van der Waals surface area contributed by atoms with E-state index in [4.69, 9.17) is 16.9 Å². The number of amides is 2. The lowest BCUT2D eigenvalue weighted by atomic mass is 10.1. The molecule has 1 heterocycles. The second kappa shape index (κ2) is 9.98. The Labute approximate surface area is 185 Å². The minimum absolute atomic E-state index is 0.0775. The third-order valence-electron chi connectivity index (χ3n) is 4.75. The van der Waals surface area contributed by atoms with Crippen LogP contribution in [0.15, 0.2) is 47.4 Å². The number of thioether (sulfide) groups is 1. The first kappa shape index (κ1) is 22.2. The first-order valence-corrected chi connectivity index (χ1v) is 10.8. The molecule has 1 atom stereocenters. The molecule has 8 heteroatoms. The summed E-state index contributed by atoms with van der Waals surface area (Å²) in [5, 5.41) is 11.9. The van der Waals surface area contributed by atoms with Gasteiger partial charge in [-0.15, -0.1) is 11.8 Å². The average Bonchev–Trinajstić information content (AvgIpc) is 2.72. The van der Waals surface area contributed by atoms with Gasteiger partial charge in [-0.05, 0) is 50.0 Å². The number of nitrogens with one attached hydrogen (secondary N) is 1. The predicted molar refractivity (Wildman–Crippen MR) is 119 cm³/mol. The zero-order valence-electron chi connectivity index (χ0n) is 16.9. The van der Waals surface area contributed by atoms with Gasteiger partial charge in [0.15, 0.2) is 0 Å². The van der Waals surface area contributed by atoms with Crippen molar-refractivity contribution in [3.8, 4) is 6.07 Å². The lowest BCUT2D eigenvalue weighted by molar-refractivity contribution is -0.133. The Kier molecular flexibility index (Phi) is 7.38. The summed E-state index contributed by atoms with van der Waals surface area (Å²) in [6.07, 6.45) is 0.113. The molecule has 156 valence electrons. The minimum Gasteiger partial charge on any atom is -0.337 e. The molecule has 6 nitrogen and oxygen atoms in total. The summed E-state index contributed by atoms with van der Waals surface area (Å²) in [6.45, 7) is 1.70. The molecule has 3 rings (SSSR count). The maximum absolute atomic E-state index is 13.1. The summed E-state index contributed by atoms with van der Waals surface area (Å²) in [6, 6.07) is 14.7. The highest BCUT2D eigenvalue weighted by Gasteiger charge is 2.30. The Morgan fingerprint density at radius 2 is 1.93 bits per heavy atom. The van der Waals surface area contributed by atoms with E-state index in [0.29, 0.717) is 35.9 Å². The van der Waals surface area contributed by atoms with Gasteiger partial charge >= 0.3 is 0 Å². The predicted octanol–water partition coefficient (Wildman–Crippen LogP) is 3.60. The van der Waals surface area contributed by atoms with Crippen LogP contribution < -0.4 is 5.32 Å². The summed E-state index contributed by atoms with van der Waals surface area (Å²) in [7, 11) is 3.91. The van der Waals surface area contributed by atoms with Gasteiger partial charge in [-0.1, -0.05) is 23.7 Å². The quantitative estimate of drug-likeness (QED) is 0.708. The summed E-state index contributed by atoms with van der Waals surface area (Å²) >= 11 is 7.39. The van der Waals surface area contributed by atoms with Crippen molar-refractivity contribution in [2.75, 3.05) is 32.5 Å². The van der Waals surface area contributed by atoms with E-state index in [1.54, 1.807) is 29.2 Å². The number of hydrogen-bond donors (Lipinski definition) is 1. The Morgan fingerprint density at radius 3 is 2.60 bits per heavy atom. The highest BCUT2D eigenvalue weighted by atomic mass is 35.5. The van der Waals surface area contributed by atoms with E-state index in [1.807, 2.05) is 37.2 Å². The fourth-order valence-corrected chi connectivity index (χ4v) is 4.32. The Bertz CT molecular complexity index is 972. The van der Waals surface area contributed by atoms with Crippen molar-refractivity contribution in [1.29, 1.82) is 5.26 Å². The maximum atomic E-state index is 13.1. The Balaban J connectivity index is 1.71. The highest BCUT2D eigenvalue weighted by molar-refractivity contribution is 8.01. The molecule has 0 bridgehead atoms. The van der Waals surface area contributed by atoms with Crippen LogP contribution in [0.25, 0.3) is 0 Å². The first-order valence-electron chi connectivity index (χ1n) is 9.54. The van der Waals surface area contributed by atoms with Crippen LogP contribution in [0, 0.1) is 11.3 Å². The molecule has 0 fully saturated rings. The molecule has 1 aliphatic heterocycles. The van der Waals surface area contributed by atoms with Gasteiger partial charge in [0.1, 0.15) is 0 Å². The molecule has 2 aromatic rings. The molecular formula is C22H23ClN4O2S. The lowest BCUT2D eigenvalue weighted by Gasteiger charge is -2.28. The fraction of sp³-hybridized carbons (Fsp3) is 0.318. The van der Waals surface area contributed by atoms with Crippen LogP contribution in [0.2, 0.25) is 5.02 Å². The molecular weight excluding hydrogens is 420 g/mol. The van der Waals surface area contributed by atoms with Crippen molar-refractivity contribution >= 4 is 40.9 Å². The van der Waals surface area contributed by atoms with Crippen LogP contribution in [0.4, 0.5) is 5.69 Å². The van der Waals surface area contributed by atoms with E-state index in [2.05, 4.69) is 11.4 Å². The van der Waals surface area contributed by atoms with Crippen LogP contribution in [0.5, 0.6) is 0 Å². The van der Waals surface area contributed by atoms with Crippen LogP contribution in [-0.2, 0) is 16.1 Å². The van der Waals surface area contributed by atoms with Gasteiger partial charge in [-0.25, -0.2) is 0 Å². The smallest absolute Gasteiger partial charge is 0.238 e. The second-order valence-electron chi connectivity index (χ2n) is 7.37. The number of nitrogens with zero attached hydrogens (tertiary/aromatic N) is 3. The topological polar surface area (TPSA) is 76.4 Å². The first-order chi connectivity index (χ1) is 14.4. The van der Waals surface area contributed by atoms with Gasteiger partial charge in [0.25, 0.3) is 0 Å². The number of nitriles is 1. The maximum Gasteiger partial charge on any atom is 0.238 e. The number of carbonyl (C=O) groups excluding carboxylic acids is 2. The van der Waals surface area contributed by atoms with E-state index < -0.39 is 5.25 Å². The number of rotatable bonds is 7. The zero-order chi connectivity index (χ0) is 21.7. The summed E-state index contributed by atoms with van der Waals surface area (Å²) < 4.78 is 0. The molecule has 1 N–H and O–H groups in total. The normalized spacial score (nSPS) is 15.3. The Hall–Kier alpha value is -2.53. The van der Waals surface area contributed by atoms with Crippen LogP contribution in [-0.4, -0.2) is 54.0 Å². The van der Waals surface area contributed by atoms with Crippen molar-refractivity contribution in [2.24, 2.45) is 0 Å². The SMILES string of the molecule is CN(C)CCN(Cc1ccc(C#N)cc1)C(=O)CC1Sc2ccc(Cl)cc2NC1=O. The fourth-order valence-electron chi connectivity index (χ4n) is 3.06. The van der Waals surface area contributed by atoms with Gasteiger partial charge in [-0.3, -0.25) is 9.59 Å². The number of likely N-dealkylation sites (N-methyl/N-ethyl adjacent to an activating group) is 1. The van der Waals surface area contributed by atoms with Crippen LogP contribution in [0.3, 0.4) is 0 Å². The summed E-state index contributed by atoms with van der Waals surface area (Å²) in [5.74, 6) is -0.264.